The van der Waals surface area contributed by atoms with Crippen LogP contribution in [0.1, 0.15) is 31.7 Å². The third-order valence-corrected chi connectivity index (χ3v) is 3.59. The van der Waals surface area contributed by atoms with Gasteiger partial charge in [-0.1, -0.05) is 43.7 Å². The first-order chi connectivity index (χ1) is 8.38. The molecular formula is C15H26Cl2N2. The van der Waals surface area contributed by atoms with E-state index in [1.54, 1.807) is 0 Å². The summed E-state index contributed by atoms with van der Waals surface area (Å²) in [5.41, 5.74) is 1.42. The maximum atomic E-state index is 3.63. The van der Waals surface area contributed by atoms with E-state index in [-0.39, 0.29) is 24.8 Å². The second-order valence-corrected chi connectivity index (χ2v) is 4.96. The predicted octanol–water partition coefficient (Wildman–Crippen LogP) is 3.49. The van der Waals surface area contributed by atoms with Gasteiger partial charge in [0.25, 0.3) is 0 Å². The first kappa shape index (κ1) is 18.7. The van der Waals surface area contributed by atoms with Gasteiger partial charge in [-0.3, -0.25) is 4.90 Å². The lowest BCUT2D eigenvalue weighted by Gasteiger charge is -2.29. The maximum Gasteiger partial charge on any atom is 0.0234 e. The van der Waals surface area contributed by atoms with Crippen molar-refractivity contribution in [3.63, 3.8) is 0 Å². The van der Waals surface area contributed by atoms with Gasteiger partial charge in [-0.05, 0) is 31.5 Å². The van der Waals surface area contributed by atoms with E-state index < -0.39 is 0 Å². The van der Waals surface area contributed by atoms with Crippen LogP contribution < -0.4 is 5.32 Å². The Bertz CT molecular complexity index is 313. The quantitative estimate of drug-likeness (QED) is 0.896. The van der Waals surface area contributed by atoms with Crippen LogP contribution in [-0.2, 0) is 6.54 Å². The number of hydrogen-bond donors (Lipinski definition) is 1. The van der Waals surface area contributed by atoms with E-state index >= 15 is 0 Å². The fourth-order valence-corrected chi connectivity index (χ4v) is 2.54. The van der Waals surface area contributed by atoms with Crippen molar-refractivity contribution in [2.24, 2.45) is 0 Å². The minimum absolute atomic E-state index is 0. The fraction of sp³-hybridized carbons (Fsp3) is 0.600. The van der Waals surface area contributed by atoms with Gasteiger partial charge in [0, 0.05) is 19.1 Å². The Kier molecular flexibility index (Phi) is 10.3. The molecule has 2 rings (SSSR count). The molecule has 0 bridgehead atoms. The zero-order chi connectivity index (χ0) is 11.9. The van der Waals surface area contributed by atoms with E-state index in [1.807, 2.05) is 0 Å². The summed E-state index contributed by atoms with van der Waals surface area (Å²) in [6.45, 7) is 6.85. The van der Waals surface area contributed by atoms with Crippen LogP contribution in [0.2, 0.25) is 0 Å². The molecule has 1 aliphatic heterocycles. The molecule has 1 aliphatic rings. The molecule has 0 radical (unpaired) electrons. The molecule has 0 aliphatic carbocycles. The summed E-state index contributed by atoms with van der Waals surface area (Å²) in [5, 5.41) is 3.63. The molecule has 0 saturated carbocycles. The Morgan fingerprint density at radius 2 is 1.89 bits per heavy atom. The molecule has 19 heavy (non-hydrogen) atoms. The number of halogens is 2. The van der Waals surface area contributed by atoms with Crippen molar-refractivity contribution in [2.45, 2.75) is 38.8 Å². The van der Waals surface area contributed by atoms with Crippen LogP contribution in [0.25, 0.3) is 0 Å². The van der Waals surface area contributed by atoms with Gasteiger partial charge in [0.2, 0.25) is 0 Å². The molecule has 1 heterocycles. The molecule has 0 aromatic heterocycles. The summed E-state index contributed by atoms with van der Waals surface area (Å²) in [7, 11) is 0. The number of nitrogens with one attached hydrogen (secondary N) is 1. The summed E-state index contributed by atoms with van der Waals surface area (Å²) in [4.78, 5) is 2.54. The van der Waals surface area contributed by atoms with Gasteiger partial charge in [0.05, 0.1) is 0 Å². The topological polar surface area (TPSA) is 15.3 Å². The van der Waals surface area contributed by atoms with Crippen molar-refractivity contribution in [1.82, 2.24) is 10.2 Å². The lowest BCUT2D eigenvalue weighted by atomic mass is 10.0. The molecule has 1 aromatic carbocycles. The Hall–Kier alpha value is -0.280. The minimum atomic E-state index is 0. The average molecular weight is 305 g/mol. The first-order valence-corrected chi connectivity index (χ1v) is 6.88. The summed E-state index contributed by atoms with van der Waals surface area (Å²) in [5.74, 6) is 0. The Morgan fingerprint density at radius 1 is 1.16 bits per heavy atom. The average Bonchev–Trinajstić information content (AvgIpc) is 2.40. The van der Waals surface area contributed by atoms with Crippen molar-refractivity contribution in [1.29, 1.82) is 0 Å². The maximum absolute atomic E-state index is 3.63. The van der Waals surface area contributed by atoms with Crippen LogP contribution in [-0.4, -0.2) is 30.6 Å². The number of rotatable bonds is 5. The van der Waals surface area contributed by atoms with E-state index in [0.717, 1.165) is 13.1 Å². The molecule has 1 aromatic rings. The van der Waals surface area contributed by atoms with Gasteiger partial charge in [0.1, 0.15) is 0 Å². The lowest BCUT2D eigenvalue weighted by Crippen LogP contribution is -2.43. The predicted molar refractivity (Wildman–Crippen MR) is 87.5 cm³/mol. The number of hydrogen-bond acceptors (Lipinski definition) is 2. The largest absolute Gasteiger partial charge is 0.313 e. The Balaban J connectivity index is 0.00000162. The van der Waals surface area contributed by atoms with Crippen LogP contribution in [0.15, 0.2) is 30.3 Å². The molecule has 110 valence electrons. The standard InChI is InChI=1S/C15H24N2.2ClH/c1-2-17(12-14-8-4-3-5-9-14)13-15-10-6-7-11-16-15;;/h3-5,8-9,15-16H,2,6-7,10-13H2,1H3;2*1H. The number of piperidine rings is 1. The number of benzene rings is 1. The summed E-state index contributed by atoms with van der Waals surface area (Å²) >= 11 is 0. The van der Waals surface area contributed by atoms with Crippen molar-refractivity contribution >= 4 is 24.8 Å². The molecule has 4 heteroatoms. The lowest BCUT2D eigenvalue weighted by molar-refractivity contribution is 0.226. The van der Waals surface area contributed by atoms with E-state index in [2.05, 4.69) is 47.5 Å². The van der Waals surface area contributed by atoms with Gasteiger partial charge >= 0.3 is 0 Å². The molecule has 1 atom stereocenters. The Labute approximate surface area is 129 Å². The van der Waals surface area contributed by atoms with Crippen LogP contribution in [0.5, 0.6) is 0 Å². The van der Waals surface area contributed by atoms with Gasteiger partial charge in [0.15, 0.2) is 0 Å². The van der Waals surface area contributed by atoms with Crippen molar-refractivity contribution in [2.75, 3.05) is 19.6 Å². The number of likely N-dealkylation sites (N-methyl/N-ethyl adjacent to an activating group) is 1. The van der Waals surface area contributed by atoms with Gasteiger partial charge in [-0.2, -0.15) is 0 Å². The second-order valence-electron chi connectivity index (χ2n) is 4.96. The zero-order valence-corrected chi connectivity index (χ0v) is 13.3. The van der Waals surface area contributed by atoms with Crippen LogP contribution in [0.4, 0.5) is 0 Å². The monoisotopic (exact) mass is 304 g/mol. The fourth-order valence-electron chi connectivity index (χ4n) is 2.54. The molecule has 1 fully saturated rings. The smallest absolute Gasteiger partial charge is 0.0234 e. The first-order valence-electron chi connectivity index (χ1n) is 6.88. The molecular weight excluding hydrogens is 279 g/mol. The summed E-state index contributed by atoms with van der Waals surface area (Å²) in [6, 6.07) is 11.5. The van der Waals surface area contributed by atoms with E-state index in [9.17, 15) is 0 Å². The minimum Gasteiger partial charge on any atom is -0.313 e. The summed E-state index contributed by atoms with van der Waals surface area (Å²) < 4.78 is 0. The highest BCUT2D eigenvalue weighted by molar-refractivity contribution is 5.85. The second kappa shape index (κ2) is 10.5. The van der Waals surface area contributed by atoms with Crippen molar-refractivity contribution < 1.29 is 0 Å². The van der Waals surface area contributed by atoms with Gasteiger partial charge < -0.3 is 5.32 Å². The third kappa shape index (κ3) is 6.62. The van der Waals surface area contributed by atoms with Crippen molar-refractivity contribution in [3.05, 3.63) is 35.9 Å². The van der Waals surface area contributed by atoms with Crippen LogP contribution >= 0.6 is 24.8 Å². The Morgan fingerprint density at radius 3 is 2.47 bits per heavy atom. The molecule has 1 unspecified atom stereocenters. The van der Waals surface area contributed by atoms with Crippen LogP contribution in [0, 0.1) is 0 Å². The van der Waals surface area contributed by atoms with Gasteiger partial charge in [-0.25, -0.2) is 0 Å². The molecule has 2 nitrogen and oxygen atoms in total. The van der Waals surface area contributed by atoms with Crippen molar-refractivity contribution in [3.8, 4) is 0 Å². The van der Waals surface area contributed by atoms with E-state index in [1.165, 1.54) is 37.9 Å². The van der Waals surface area contributed by atoms with Gasteiger partial charge in [-0.15, -0.1) is 24.8 Å². The molecule has 1 N–H and O–H groups in total. The number of nitrogens with zero attached hydrogens (tertiary/aromatic N) is 1. The third-order valence-electron chi connectivity index (χ3n) is 3.59. The SMILES string of the molecule is CCN(Cc1ccccc1)CC1CCCCN1.Cl.Cl. The summed E-state index contributed by atoms with van der Waals surface area (Å²) in [6.07, 6.45) is 4.08. The van der Waals surface area contributed by atoms with E-state index in [0.29, 0.717) is 6.04 Å². The highest BCUT2D eigenvalue weighted by atomic mass is 35.5. The normalized spacial score (nSPS) is 18.5. The highest BCUT2D eigenvalue weighted by Crippen LogP contribution is 2.10. The molecule has 1 saturated heterocycles. The highest BCUT2D eigenvalue weighted by Gasteiger charge is 2.15. The van der Waals surface area contributed by atoms with Crippen LogP contribution in [0.3, 0.4) is 0 Å². The van der Waals surface area contributed by atoms with E-state index in [4.69, 9.17) is 0 Å². The zero-order valence-electron chi connectivity index (χ0n) is 11.7. The molecule has 0 amide bonds. The molecule has 0 spiro atoms.